The molecule has 1 heterocycles. The second-order valence-corrected chi connectivity index (χ2v) is 11.7. The minimum Gasteiger partial charge on any atom is -0.456 e. The largest absolute Gasteiger partial charge is 0.456 e. The Morgan fingerprint density at radius 2 is 1.12 bits per heavy atom. The molecule has 0 unspecified atom stereocenters. The zero-order valence-electron chi connectivity index (χ0n) is 28.2. The summed E-state index contributed by atoms with van der Waals surface area (Å²) in [6, 6.07) is 33.9. The number of para-hydroxylation sites is 1. The second kappa shape index (κ2) is 8.44. The molecule has 0 radical (unpaired) electrons. The van der Waals surface area contributed by atoms with Crippen LogP contribution in [0.1, 0.15) is 31.8 Å². The van der Waals surface area contributed by atoms with E-state index in [1.165, 1.54) is 22.3 Å². The molecule has 8 aromatic rings. The number of fused-ring (bicyclic) bond motifs is 9. The van der Waals surface area contributed by atoms with Gasteiger partial charge in [-0.25, -0.2) is 0 Å². The minimum atomic E-state index is -0.392. The number of hydrogen-bond donors (Lipinski definition) is 0. The second-order valence-electron chi connectivity index (χ2n) is 11.7. The molecule has 0 N–H and O–H groups in total. The third-order valence-electron chi connectivity index (χ3n) is 9.15. The summed E-state index contributed by atoms with van der Waals surface area (Å²) in [6.07, 6.45) is 0. The Morgan fingerprint density at radius 3 is 1.79 bits per heavy atom. The molecule has 198 valence electrons. The van der Waals surface area contributed by atoms with Crippen LogP contribution in [0.25, 0.3) is 76.9 Å². The van der Waals surface area contributed by atoms with Crippen molar-refractivity contribution in [2.24, 2.45) is 0 Å². The average Bonchev–Trinajstić information content (AvgIpc) is 3.58. The fourth-order valence-corrected chi connectivity index (χ4v) is 7.28. The van der Waals surface area contributed by atoms with Gasteiger partial charge in [-0.15, -0.1) is 0 Å². The van der Waals surface area contributed by atoms with Gasteiger partial charge in [-0.2, -0.15) is 0 Å². The first-order valence-electron chi connectivity index (χ1n) is 16.8. The first-order valence-corrected chi connectivity index (χ1v) is 14.3. The fraction of sp³-hybridized carbons (Fsp3) is 0.0732. The third-order valence-corrected chi connectivity index (χ3v) is 9.15. The lowest BCUT2D eigenvalue weighted by molar-refractivity contribution is 0.657. The lowest BCUT2D eigenvalue weighted by Crippen LogP contribution is -2.15. The summed E-state index contributed by atoms with van der Waals surface area (Å²) >= 11 is 0. The molecule has 0 fully saturated rings. The topological polar surface area (TPSA) is 13.1 Å². The Labute approximate surface area is 251 Å². The molecule has 0 amide bonds. The smallest absolute Gasteiger partial charge is 0.136 e. The zero-order valence-corrected chi connectivity index (χ0v) is 23.2. The van der Waals surface area contributed by atoms with Gasteiger partial charge in [0.25, 0.3) is 0 Å². The molecule has 0 saturated heterocycles. The summed E-state index contributed by atoms with van der Waals surface area (Å²) in [5, 5.41) is 5.88. The maximum Gasteiger partial charge on any atom is 0.136 e. The minimum absolute atomic E-state index is 0.200. The molecule has 9 rings (SSSR count). The lowest BCUT2D eigenvalue weighted by atomic mass is 9.80. The number of hydrogen-bond acceptors (Lipinski definition) is 1. The van der Waals surface area contributed by atoms with Crippen LogP contribution in [0.2, 0.25) is 0 Å². The van der Waals surface area contributed by atoms with E-state index < -0.39 is 6.04 Å². The molecule has 42 heavy (non-hydrogen) atoms. The van der Waals surface area contributed by atoms with E-state index >= 15 is 0 Å². The van der Waals surface area contributed by atoms with Crippen molar-refractivity contribution in [3.63, 3.8) is 0 Å². The standard InChI is InChI=1S/C41H28O/c1-41(2)33-22-23-36-40(32-18-10-11-19-35(32)42-36)39(33)31-21-20-26(24-34(31)41)38-29-16-8-6-14-27(29)37(25-12-4-3-5-13-25)28-15-7-9-17-30(28)38/h3-24H,1-2H3/i3D,4D,5D,12D,13D. The van der Waals surface area contributed by atoms with Crippen molar-refractivity contribution in [3.8, 4) is 33.4 Å². The maximum absolute atomic E-state index is 8.85. The Bertz CT molecular complexity index is 2580. The maximum atomic E-state index is 8.85. The van der Waals surface area contributed by atoms with Gasteiger partial charge in [0, 0.05) is 16.2 Å². The highest BCUT2D eigenvalue weighted by Gasteiger charge is 2.37. The molecule has 1 aliphatic carbocycles. The van der Waals surface area contributed by atoms with Crippen LogP contribution in [0.5, 0.6) is 0 Å². The van der Waals surface area contributed by atoms with Crippen molar-refractivity contribution in [2.75, 3.05) is 0 Å². The summed E-state index contributed by atoms with van der Waals surface area (Å²) in [4.78, 5) is 0. The number of benzene rings is 7. The zero-order chi connectivity index (χ0) is 32.4. The SMILES string of the molecule is [2H]c1c([2H])c([2H])c(-c2c3ccccc3c(-c3ccc4c(c3)C(C)(C)c3ccc5oc6ccccc6c5c3-4)c3ccccc23)c([2H])c1[2H]. The molecular formula is C41H28O. The molecule has 0 saturated carbocycles. The summed E-state index contributed by atoms with van der Waals surface area (Å²) in [5.74, 6) is 0. The van der Waals surface area contributed by atoms with Crippen molar-refractivity contribution >= 4 is 43.5 Å². The highest BCUT2D eigenvalue weighted by atomic mass is 16.3. The van der Waals surface area contributed by atoms with Crippen molar-refractivity contribution in [1.82, 2.24) is 0 Å². The molecule has 1 aromatic heterocycles. The van der Waals surface area contributed by atoms with E-state index in [0.717, 1.165) is 54.6 Å². The highest BCUT2D eigenvalue weighted by molar-refractivity contribution is 6.22. The van der Waals surface area contributed by atoms with E-state index in [-0.39, 0.29) is 35.1 Å². The van der Waals surface area contributed by atoms with E-state index in [1.54, 1.807) is 0 Å². The van der Waals surface area contributed by atoms with Crippen LogP contribution >= 0.6 is 0 Å². The van der Waals surface area contributed by atoms with Gasteiger partial charge >= 0.3 is 0 Å². The lowest BCUT2D eigenvalue weighted by Gasteiger charge is -2.23. The van der Waals surface area contributed by atoms with Crippen molar-refractivity contribution in [1.29, 1.82) is 0 Å². The van der Waals surface area contributed by atoms with Gasteiger partial charge < -0.3 is 4.42 Å². The van der Waals surface area contributed by atoms with E-state index in [9.17, 15) is 0 Å². The molecule has 1 nitrogen and oxygen atoms in total. The molecule has 1 heteroatoms. The summed E-state index contributed by atoms with van der Waals surface area (Å²) in [6.45, 7) is 4.57. The van der Waals surface area contributed by atoms with Crippen molar-refractivity contribution < 1.29 is 11.3 Å². The Hall–Kier alpha value is -5.14. The first-order chi connectivity index (χ1) is 22.7. The predicted octanol–water partition coefficient (Wildman–Crippen LogP) is 11.5. The van der Waals surface area contributed by atoms with Gasteiger partial charge in [0.15, 0.2) is 0 Å². The van der Waals surface area contributed by atoms with Gasteiger partial charge in [0.05, 0.1) is 6.85 Å². The third kappa shape index (κ3) is 3.08. The summed E-state index contributed by atoms with van der Waals surface area (Å²) in [7, 11) is 0. The molecule has 7 aromatic carbocycles. The number of rotatable bonds is 2. The van der Waals surface area contributed by atoms with E-state index in [0.29, 0.717) is 5.56 Å². The van der Waals surface area contributed by atoms with Crippen LogP contribution in [0.15, 0.2) is 138 Å². The van der Waals surface area contributed by atoms with Crippen LogP contribution in [0, 0.1) is 0 Å². The highest BCUT2D eigenvalue weighted by Crippen LogP contribution is 2.54. The monoisotopic (exact) mass is 541 g/mol. The fourth-order valence-electron chi connectivity index (χ4n) is 7.28. The van der Waals surface area contributed by atoms with Gasteiger partial charge in [-0.1, -0.05) is 129 Å². The van der Waals surface area contributed by atoms with E-state index in [1.807, 2.05) is 48.5 Å². The Balaban J connectivity index is 1.36. The quantitative estimate of drug-likeness (QED) is 0.198. The molecule has 0 bridgehead atoms. The Morgan fingerprint density at radius 1 is 0.524 bits per heavy atom. The van der Waals surface area contributed by atoms with Crippen LogP contribution < -0.4 is 0 Å². The molecule has 0 spiro atoms. The first kappa shape index (κ1) is 19.1. The van der Waals surface area contributed by atoms with E-state index in [2.05, 4.69) is 68.4 Å². The van der Waals surface area contributed by atoms with Crippen LogP contribution in [0.4, 0.5) is 0 Å². The van der Waals surface area contributed by atoms with Gasteiger partial charge in [0.2, 0.25) is 0 Å². The summed E-state index contributed by atoms with van der Waals surface area (Å²) < 4.78 is 49.0. The van der Waals surface area contributed by atoms with Gasteiger partial charge in [-0.05, 0) is 84.3 Å². The van der Waals surface area contributed by atoms with Crippen molar-refractivity contribution in [3.05, 3.63) is 144 Å². The number of furan rings is 1. The predicted molar refractivity (Wildman–Crippen MR) is 177 cm³/mol. The molecule has 1 aliphatic rings. The van der Waals surface area contributed by atoms with E-state index in [4.69, 9.17) is 11.3 Å². The van der Waals surface area contributed by atoms with Crippen LogP contribution in [0.3, 0.4) is 0 Å². The average molecular weight is 542 g/mol. The van der Waals surface area contributed by atoms with Gasteiger partial charge in [0.1, 0.15) is 11.2 Å². The van der Waals surface area contributed by atoms with Gasteiger partial charge in [-0.3, -0.25) is 0 Å². The summed E-state index contributed by atoms with van der Waals surface area (Å²) in [5.41, 5.74) is 9.46. The molecule has 0 aliphatic heterocycles. The molecule has 0 atom stereocenters. The normalized spacial score (nSPS) is 15.3. The molecular weight excluding hydrogens is 508 g/mol. The van der Waals surface area contributed by atoms with Crippen molar-refractivity contribution in [2.45, 2.75) is 19.3 Å². The van der Waals surface area contributed by atoms with Crippen LogP contribution in [-0.4, -0.2) is 0 Å². The van der Waals surface area contributed by atoms with Crippen LogP contribution in [-0.2, 0) is 5.41 Å². The Kier molecular flexibility index (Phi) is 3.83.